The molecule has 31 heavy (non-hydrogen) atoms. The Balaban J connectivity index is 1.87. The van der Waals surface area contributed by atoms with Crippen LogP contribution in [0.3, 0.4) is 0 Å². The van der Waals surface area contributed by atoms with Crippen molar-refractivity contribution in [3.8, 4) is 11.5 Å². The van der Waals surface area contributed by atoms with E-state index in [1.54, 1.807) is 19.2 Å². The Morgan fingerprint density at radius 2 is 1.94 bits per heavy atom. The Morgan fingerprint density at radius 1 is 1.23 bits per heavy atom. The molecule has 3 rings (SSSR count). The number of sulfonamides is 1. The first kappa shape index (κ1) is 22.9. The average molecular weight is 447 g/mol. The van der Waals surface area contributed by atoms with Gasteiger partial charge >= 0.3 is 0 Å². The van der Waals surface area contributed by atoms with Gasteiger partial charge < -0.3 is 14.8 Å². The Kier molecular flexibility index (Phi) is 6.23. The molecule has 1 aliphatic heterocycles. The molecule has 0 fully saturated rings. The van der Waals surface area contributed by atoms with E-state index in [2.05, 4.69) is 5.32 Å². The number of rotatable bonds is 6. The van der Waals surface area contributed by atoms with Crippen molar-refractivity contribution in [1.82, 2.24) is 5.32 Å². The number of carbonyl (C=O) groups is 1. The van der Waals surface area contributed by atoms with E-state index in [-0.39, 0.29) is 18.5 Å². The van der Waals surface area contributed by atoms with Crippen LogP contribution in [0.4, 0.5) is 5.69 Å². The lowest BCUT2D eigenvalue weighted by Crippen LogP contribution is -2.45. The van der Waals surface area contributed by atoms with E-state index in [1.807, 2.05) is 52.0 Å². The minimum absolute atomic E-state index is 0.299. The smallest absolute Gasteiger partial charge is 0.241 e. The summed E-state index contributed by atoms with van der Waals surface area (Å²) < 4.78 is 37.5. The zero-order valence-corrected chi connectivity index (χ0v) is 19.7. The highest BCUT2D eigenvalue weighted by Crippen LogP contribution is 2.41. The minimum Gasteiger partial charge on any atom is -0.497 e. The molecule has 0 aromatic heterocycles. The van der Waals surface area contributed by atoms with Crippen molar-refractivity contribution in [1.29, 1.82) is 0 Å². The molecule has 1 heterocycles. The van der Waals surface area contributed by atoms with E-state index in [0.29, 0.717) is 23.6 Å². The molecular formula is C23H30N2O5S. The number of benzene rings is 2. The third-order valence-electron chi connectivity index (χ3n) is 5.33. The Morgan fingerprint density at radius 3 is 2.58 bits per heavy atom. The number of nitrogens with zero attached hydrogens (tertiary/aromatic N) is 1. The highest BCUT2D eigenvalue weighted by Gasteiger charge is 2.35. The van der Waals surface area contributed by atoms with E-state index < -0.39 is 15.6 Å². The van der Waals surface area contributed by atoms with Gasteiger partial charge in [0.05, 0.1) is 25.1 Å². The summed E-state index contributed by atoms with van der Waals surface area (Å²) in [5, 5.41) is 3.01. The van der Waals surface area contributed by atoms with Gasteiger partial charge in [0.2, 0.25) is 15.9 Å². The van der Waals surface area contributed by atoms with Crippen LogP contribution in [0.25, 0.3) is 0 Å². The van der Waals surface area contributed by atoms with Crippen LogP contribution in [-0.4, -0.2) is 39.8 Å². The lowest BCUT2D eigenvalue weighted by molar-refractivity contribution is -0.120. The molecule has 0 bridgehead atoms. The summed E-state index contributed by atoms with van der Waals surface area (Å²) in [7, 11) is -2.07. The maximum atomic E-state index is 13.0. The molecule has 1 atom stereocenters. The molecule has 0 aliphatic carbocycles. The first-order valence-electron chi connectivity index (χ1n) is 10.1. The van der Waals surface area contributed by atoms with E-state index in [1.165, 1.54) is 0 Å². The van der Waals surface area contributed by atoms with E-state index in [9.17, 15) is 13.2 Å². The summed E-state index contributed by atoms with van der Waals surface area (Å²) in [6.45, 7) is 7.32. The van der Waals surface area contributed by atoms with Crippen LogP contribution in [0, 0.1) is 13.8 Å². The number of hydrogen-bond donors (Lipinski definition) is 1. The summed E-state index contributed by atoms with van der Waals surface area (Å²) >= 11 is 0. The van der Waals surface area contributed by atoms with E-state index >= 15 is 0 Å². The van der Waals surface area contributed by atoms with E-state index in [4.69, 9.17) is 9.47 Å². The number of hydrogen-bond acceptors (Lipinski definition) is 5. The summed E-state index contributed by atoms with van der Waals surface area (Å²) in [5.74, 6) is 0.936. The standard InChI is InChI=1S/C23H30N2O5S/c1-15-7-8-16(2)20(11-15)25(31(6,27)28)14-22(26)24-19-13-23(3,4)30-21-12-17(29-5)9-10-18(19)21/h7-12,19H,13-14H2,1-6H3,(H,24,26). The van der Waals surface area contributed by atoms with Gasteiger partial charge in [-0.25, -0.2) is 8.42 Å². The molecule has 1 unspecified atom stereocenters. The molecule has 0 saturated carbocycles. The van der Waals surface area contributed by atoms with Crippen molar-refractivity contribution in [2.75, 3.05) is 24.2 Å². The molecule has 1 aliphatic rings. The van der Waals surface area contributed by atoms with Gasteiger partial charge in [-0.3, -0.25) is 9.10 Å². The SMILES string of the molecule is COc1ccc2c(c1)OC(C)(C)CC2NC(=O)CN(c1cc(C)ccc1C)S(C)(=O)=O. The van der Waals surface area contributed by atoms with Crippen molar-refractivity contribution in [3.05, 3.63) is 53.1 Å². The number of amides is 1. The second kappa shape index (κ2) is 8.42. The molecule has 168 valence electrons. The fraction of sp³-hybridized carbons (Fsp3) is 0.435. The molecule has 2 aromatic rings. The zero-order valence-electron chi connectivity index (χ0n) is 18.9. The molecule has 1 amide bonds. The summed E-state index contributed by atoms with van der Waals surface area (Å²) in [4.78, 5) is 13.0. The molecular weight excluding hydrogens is 416 g/mol. The van der Waals surface area contributed by atoms with Crippen molar-refractivity contribution in [2.45, 2.75) is 45.8 Å². The van der Waals surface area contributed by atoms with Crippen LogP contribution in [-0.2, 0) is 14.8 Å². The molecule has 7 nitrogen and oxygen atoms in total. The maximum Gasteiger partial charge on any atom is 0.241 e. The van der Waals surface area contributed by atoms with Crippen LogP contribution in [0.1, 0.15) is 43.0 Å². The van der Waals surface area contributed by atoms with Crippen LogP contribution in [0.15, 0.2) is 36.4 Å². The Bertz CT molecular complexity index is 1100. The third kappa shape index (κ3) is 5.31. The lowest BCUT2D eigenvalue weighted by Gasteiger charge is -2.38. The quantitative estimate of drug-likeness (QED) is 0.734. The summed E-state index contributed by atoms with van der Waals surface area (Å²) in [6, 6.07) is 10.7. The first-order valence-corrected chi connectivity index (χ1v) is 12.0. The molecule has 0 radical (unpaired) electrons. The monoisotopic (exact) mass is 446 g/mol. The number of fused-ring (bicyclic) bond motifs is 1. The molecule has 0 spiro atoms. The zero-order chi connectivity index (χ0) is 23.0. The fourth-order valence-electron chi connectivity index (χ4n) is 3.83. The second-order valence-electron chi connectivity index (χ2n) is 8.65. The van der Waals surface area contributed by atoms with Crippen LogP contribution in [0.5, 0.6) is 11.5 Å². The number of aryl methyl sites for hydroxylation is 2. The van der Waals surface area contributed by atoms with Crippen molar-refractivity contribution in [3.63, 3.8) is 0 Å². The highest BCUT2D eigenvalue weighted by molar-refractivity contribution is 7.92. The topological polar surface area (TPSA) is 84.9 Å². The van der Waals surface area contributed by atoms with Crippen molar-refractivity contribution < 1.29 is 22.7 Å². The summed E-state index contributed by atoms with van der Waals surface area (Å²) in [6.07, 6.45) is 1.67. The van der Waals surface area contributed by atoms with Crippen LogP contribution < -0.4 is 19.1 Å². The van der Waals surface area contributed by atoms with Gasteiger partial charge in [0.15, 0.2) is 0 Å². The predicted octanol–water partition coefficient (Wildman–Crippen LogP) is 3.50. The van der Waals surface area contributed by atoms with Gasteiger partial charge in [-0.1, -0.05) is 12.1 Å². The van der Waals surface area contributed by atoms with Crippen molar-refractivity contribution in [2.24, 2.45) is 0 Å². The molecule has 1 N–H and O–H groups in total. The van der Waals surface area contributed by atoms with Gasteiger partial charge in [-0.15, -0.1) is 0 Å². The highest BCUT2D eigenvalue weighted by atomic mass is 32.2. The summed E-state index contributed by atoms with van der Waals surface area (Å²) in [5.41, 5.74) is 2.56. The normalized spacial score (nSPS) is 17.3. The lowest BCUT2D eigenvalue weighted by atomic mass is 9.89. The fourth-order valence-corrected chi connectivity index (χ4v) is 4.73. The Hall–Kier alpha value is -2.74. The average Bonchev–Trinajstić information content (AvgIpc) is 2.66. The second-order valence-corrected chi connectivity index (χ2v) is 10.6. The van der Waals surface area contributed by atoms with Gasteiger partial charge in [-0.2, -0.15) is 0 Å². The Labute approximate surface area is 184 Å². The first-order chi connectivity index (χ1) is 14.4. The van der Waals surface area contributed by atoms with Gasteiger partial charge in [0.1, 0.15) is 23.6 Å². The predicted molar refractivity (Wildman–Crippen MR) is 121 cm³/mol. The molecule has 8 heteroatoms. The molecule has 0 saturated heterocycles. The van der Waals surface area contributed by atoms with Crippen LogP contribution in [0.2, 0.25) is 0 Å². The molecule has 2 aromatic carbocycles. The van der Waals surface area contributed by atoms with Gasteiger partial charge in [0.25, 0.3) is 0 Å². The number of nitrogens with one attached hydrogen (secondary N) is 1. The van der Waals surface area contributed by atoms with Gasteiger partial charge in [0, 0.05) is 18.1 Å². The third-order valence-corrected chi connectivity index (χ3v) is 6.46. The number of methoxy groups -OCH3 is 1. The number of carbonyl (C=O) groups excluding carboxylic acids is 1. The van der Waals surface area contributed by atoms with Crippen molar-refractivity contribution >= 4 is 21.6 Å². The minimum atomic E-state index is -3.65. The van der Waals surface area contributed by atoms with E-state index in [0.717, 1.165) is 27.3 Å². The maximum absolute atomic E-state index is 13.0. The number of anilines is 1. The number of ether oxygens (including phenoxy) is 2. The van der Waals surface area contributed by atoms with Crippen LogP contribution >= 0.6 is 0 Å². The largest absolute Gasteiger partial charge is 0.497 e. The van der Waals surface area contributed by atoms with Gasteiger partial charge in [-0.05, 0) is 57.0 Å².